The molecule has 29 heavy (non-hydrogen) atoms. The number of para-hydroxylation sites is 2. The Kier molecular flexibility index (Phi) is 4.85. The van der Waals surface area contributed by atoms with E-state index in [2.05, 4.69) is 25.2 Å². The Balaban J connectivity index is 1.27. The summed E-state index contributed by atoms with van der Waals surface area (Å²) >= 11 is 6.40. The van der Waals surface area contributed by atoms with E-state index in [1.165, 1.54) is 0 Å². The highest BCUT2D eigenvalue weighted by atomic mass is 35.5. The van der Waals surface area contributed by atoms with Gasteiger partial charge in [0.15, 0.2) is 0 Å². The molecule has 4 heterocycles. The number of H-pyrrole nitrogens is 1. The summed E-state index contributed by atoms with van der Waals surface area (Å²) < 4.78 is 5.33. The smallest absolute Gasteiger partial charge is 0.223 e. The van der Waals surface area contributed by atoms with Crippen LogP contribution in [0.3, 0.4) is 0 Å². The Bertz CT molecular complexity index is 1010. The van der Waals surface area contributed by atoms with Crippen LogP contribution in [0.1, 0.15) is 12.8 Å². The maximum absolute atomic E-state index is 12.4. The summed E-state index contributed by atoms with van der Waals surface area (Å²) in [6, 6.07) is 9.99. The van der Waals surface area contributed by atoms with Gasteiger partial charge in [0.1, 0.15) is 11.6 Å². The predicted octanol–water partition coefficient (Wildman–Crippen LogP) is 3.01. The lowest BCUT2D eigenvalue weighted by molar-refractivity contribution is -0.128. The zero-order valence-corrected chi connectivity index (χ0v) is 16.7. The van der Waals surface area contributed by atoms with E-state index < -0.39 is 0 Å². The van der Waals surface area contributed by atoms with Crippen molar-refractivity contribution in [3.63, 3.8) is 0 Å². The van der Waals surface area contributed by atoms with Crippen LogP contribution in [-0.2, 0) is 9.53 Å². The standard InChI is InChI=1S/C21H22ClN5O2/c22-16-10-23-19(9-15(16)20-25-17-3-1-2-4-18(17)26-20)27-11-14(12-27)24-21(28)13-5-7-29-8-6-13/h1-4,9-10,13-14H,5-8,11-12H2,(H,24,28)(H,25,26). The molecular formula is C21H22ClN5O2. The first kappa shape index (κ1) is 18.4. The van der Waals surface area contributed by atoms with Crippen LogP contribution in [0.2, 0.25) is 5.02 Å². The Morgan fingerprint density at radius 3 is 2.83 bits per heavy atom. The number of hydrogen-bond donors (Lipinski definition) is 2. The molecule has 2 saturated heterocycles. The van der Waals surface area contributed by atoms with Gasteiger partial charge in [-0.25, -0.2) is 9.97 Å². The van der Waals surface area contributed by atoms with Crippen LogP contribution in [0.4, 0.5) is 5.82 Å². The fourth-order valence-corrected chi connectivity index (χ4v) is 4.09. The van der Waals surface area contributed by atoms with Gasteiger partial charge in [0.05, 0.1) is 22.1 Å². The molecule has 1 aromatic carbocycles. The molecule has 2 fully saturated rings. The second-order valence-electron chi connectivity index (χ2n) is 7.62. The molecule has 0 radical (unpaired) electrons. The minimum atomic E-state index is 0.0751. The number of carbonyl (C=O) groups is 1. The summed E-state index contributed by atoms with van der Waals surface area (Å²) in [6.45, 7) is 2.83. The molecule has 7 nitrogen and oxygen atoms in total. The molecule has 0 aliphatic carbocycles. The van der Waals surface area contributed by atoms with Crippen LogP contribution >= 0.6 is 11.6 Å². The molecule has 0 saturated carbocycles. The monoisotopic (exact) mass is 411 g/mol. The van der Waals surface area contributed by atoms with Crippen LogP contribution in [0.25, 0.3) is 22.4 Å². The largest absolute Gasteiger partial charge is 0.381 e. The highest BCUT2D eigenvalue weighted by molar-refractivity contribution is 6.33. The molecular weight excluding hydrogens is 390 g/mol. The lowest BCUT2D eigenvalue weighted by Gasteiger charge is -2.41. The third kappa shape index (κ3) is 3.68. The zero-order chi connectivity index (χ0) is 19.8. The number of carbonyl (C=O) groups excluding carboxylic acids is 1. The number of anilines is 1. The normalized spacial score (nSPS) is 18.0. The van der Waals surface area contributed by atoms with Crippen molar-refractivity contribution in [3.05, 3.63) is 41.6 Å². The number of rotatable bonds is 4. The molecule has 0 bridgehead atoms. The summed E-state index contributed by atoms with van der Waals surface area (Å²) in [6.07, 6.45) is 3.27. The van der Waals surface area contributed by atoms with Gasteiger partial charge in [-0.1, -0.05) is 23.7 Å². The summed E-state index contributed by atoms with van der Waals surface area (Å²) in [7, 11) is 0. The number of imidazole rings is 1. The molecule has 0 atom stereocenters. The second kappa shape index (κ2) is 7.65. The summed E-state index contributed by atoms with van der Waals surface area (Å²) in [5, 5.41) is 3.71. The van der Waals surface area contributed by atoms with Gasteiger partial charge >= 0.3 is 0 Å². The fourth-order valence-electron chi connectivity index (χ4n) is 3.90. The predicted molar refractivity (Wildman–Crippen MR) is 112 cm³/mol. The Morgan fingerprint density at radius 2 is 2.03 bits per heavy atom. The number of nitrogens with zero attached hydrogens (tertiary/aromatic N) is 3. The first-order chi connectivity index (χ1) is 14.2. The van der Waals surface area contributed by atoms with Crippen molar-refractivity contribution in [2.24, 2.45) is 5.92 Å². The summed E-state index contributed by atoms with van der Waals surface area (Å²) in [5.74, 6) is 1.78. The van der Waals surface area contributed by atoms with E-state index in [1.807, 2.05) is 30.3 Å². The highest BCUT2D eigenvalue weighted by Gasteiger charge is 2.32. The average molecular weight is 412 g/mol. The number of benzene rings is 1. The second-order valence-corrected chi connectivity index (χ2v) is 8.03. The number of pyridine rings is 1. The van der Waals surface area contributed by atoms with Crippen LogP contribution in [0.15, 0.2) is 36.5 Å². The maximum atomic E-state index is 12.4. The van der Waals surface area contributed by atoms with E-state index in [1.54, 1.807) is 6.20 Å². The van der Waals surface area contributed by atoms with Crippen LogP contribution in [0, 0.1) is 5.92 Å². The van der Waals surface area contributed by atoms with E-state index >= 15 is 0 Å². The molecule has 0 unspecified atom stereocenters. The number of fused-ring (bicyclic) bond motifs is 1. The van der Waals surface area contributed by atoms with Gasteiger partial charge in [0.2, 0.25) is 5.91 Å². The number of amides is 1. The lowest BCUT2D eigenvalue weighted by atomic mass is 9.98. The van der Waals surface area contributed by atoms with Crippen LogP contribution < -0.4 is 10.2 Å². The minimum absolute atomic E-state index is 0.0751. The van der Waals surface area contributed by atoms with Crippen molar-refractivity contribution >= 4 is 34.4 Å². The molecule has 0 spiro atoms. The number of halogens is 1. The zero-order valence-electron chi connectivity index (χ0n) is 15.9. The van der Waals surface area contributed by atoms with Gasteiger partial charge in [-0.05, 0) is 31.0 Å². The van der Waals surface area contributed by atoms with Gasteiger partial charge in [-0.3, -0.25) is 4.79 Å². The third-order valence-corrected chi connectivity index (χ3v) is 5.93. The van der Waals surface area contributed by atoms with E-state index in [0.29, 0.717) is 18.2 Å². The number of ether oxygens (including phenoxy) is 1. The molecule has 5 rings (SSSR count). The van der Waals surface area contributed by atoms with E-state index in [-0.39, 0.29) is 17.9 Å². The van der Waals surface area contributed by atoms with Crippen molar-refractivity contribution in [2.75, 3.05) is 31.2 Å². The van der Waals surface area contributed by atoms with Gasteiger partial charge in [-0.15, -0.1) is 0 Å². The first-order valence-electron chi connectivity index (χ1n) is 9.91. The first-order valence-corrected chi connectivity index (χ1v) is 10.3. The molecule has 3 aromatic rings. The van der Waals surface area contributed by atoms with Gasteiger partial charge in [-0.2, -0.15) is 0 Å². The van der Waals surface area contributed by atoms with E-state index in [0.717, 1.165) is 54.2 Å². The number of aromatic nitrogens is 3. The van der Waals surface area contributed by atoms with Crippen LogP contribution in [0.5, 0.6) is 0 Å². The van der Waals surface area contributed by atoms with Crippen molar-refractivity contribution in [2.45, 2.75) is 18.9 Å². The maximum Gasteiger partial charge on any atom is 0.223 e. The third-order valence-electron chi connectivity index (χ3n) is 5.63. The van der Waals surface area contributed by atoms with E-state index in [9.17, 15) is 4.79 Å². The molecule has 8 heteroatoms. The Hall–Kier alpha value is -2.64. The van der Waals surface area contributed by atoms with Crippen molar-refractivity contribution < 1.29 is 9.53 Å². The van der Waals surface area contributed by atoms with Crippen molar-refractivity contribution in [1.29, 1.82) is 0 Å². The van der Waals surface area contributed by atoms with Gasteiger partial charge < -0.3 is 19.9 Å². The number of hydrogen-bond acceptors (Lipinski definition) is 5. The SMILES string of the molecule is O=C(NC1CN(c2cc(-c3nc4ccccc4[nH]3)c(Cl)cn2)C1)C1CCOCC1. The molecule has 2 aliphatic heterocycles. The quantitative estimate of drug-likeness (QED) is 0.689. The lowest BCUT2D eigenvalue weighted by Crippen LogP contribution is -2.60. The van der Waals surface area contributed by atoms with Gasteiger partial charge in [0, 0.05) is 44.0 Å². The molecule has 1 amide bonds. The average Bonchev–Trinajstić information content (AvgIpc) is 3.15. The molecule has 150 valence electrons. The molecule has 2 N–H and O–H groups in total. The summed E-state index contributed by atoms with van der Waals surface area (Å²) in [5.41, 5.74) is 2.69. The molecule has 2 aromatic heterocycles. The van der Waals surface area contributed by atoms with Gasteiger partial charge in [0.25, 0.3) is 0 Å². The van der Waals surface area contributed by atoms with E-state index in [4.69, 9.17) is 16.3 Å². The molecule has 2 aliphatic rings. The highest BCUT2D eigenvalue weighted by Crippen LogP contribution is 2.31. The number of aromatic amines is 1. The van der Waals surface area contributed by atoms with Crippen LogP contribution in [-0.4, -0.2) is 53.2 Å². The number of nitrogens with one attached hydrogen (secondary N) is 2. The fraction of sp³-hybridized carbons (Fsp3) is 0.381. The van der Waals surface area contributed by atoms with Crippen molar-refractivity contribution in [3.8, 4) is 11.4 Å². The Morgan fingerprint density at radius 1 is 1.24 bits per heavy atom. The van der Waals surface area contributed by atoms with Crippen molar-refractivity contribution in [1.82, 2.24) is 20.3 Å². The minimum Gasteiger partial charge on any atom is -0.381 e. The summed E-state index contributed by atoms with van der Waals surface area (Å²) in [4.78, 5) is 26.9. The Labute approximate surface area is 173 Å². The topological polar surface area (TPSA) is 83.1 Å².